The molecule has 0 spiro atoms. The number of aromatic nitrogens is 2. The van der Waals surface area contributed by atoms with Crippen molar-refractivity contribution in [3.8, 4) is 11.3 Å². The Balaban J connectivity index is 1.19. The van der Waals surface area contributed by atoms with Crippen molar-refractivity contribution in [1.82, 2.24) is 20.4 Å². The third kappa shape index (κ3) is 4.99. The van der Waals surface area contributed by atoms with Crippen LogP contribution in [0.15, 0.2) is 45.3 Å². The zero-order valence-corrected chi connectivity index (χ0v) is 21.4. The molecule has 0 bridgehead atoms. The van der Waals surface area contributed by atoms with Crippen LogP contribution in [-0.2, 0) is 0 Å². The average Bonchev–Trinajstić information content (AvgIpc) is 3.42. The number of rotatable bonds is 7. The Hall–Kier alpha value is -3.65. The fraction of sp³-hybridized carbons (Fsp3) is 0.393. The number of amides is 1. The van der Waals surface area contributed by atoms with Crippen molar-refractivity contribution in [2.24, 2.45) is 0 Å². The third-order valence-electron chi connectivity index (χ3n) is 6.85. The summed E-state index contributed by atoms with van der Waals surface area (Å²) in [6.45, 7) is 13.4. The molecular weight excluding hydrogens is 454 g/mol. The zero-order chi connectivity index (χ0) is 25.2. The number of nitrogens with one attached hydrogen (secondary N) is 1. The smallest absolute Gasteiger partial charge is 0.259 e. The minimum absolute atomic E-state index is 0.142. The van der Waals surface area contributed by atoms with Crippen LogP contribution >= 0.6 is 0 Å². The first-order valence-corrected chi connectivity index (χ1v) is 12.6. The second-order valence-electron chi connectivity index (χ2n) is 9.61. The number of pyridine rings is 1. The molecule has 1 N–H and O–H groups in total. The van der Waals surface area contributed by atoms with Gasteiger partial charge in [-0.2, -0.15) is 0 Å². The molecular formula is C28H33N5O3. The van der Waals surface area contributed by atoms with Crippen molar-refractivity contribution < 1.29 is 13.7 Å². The van der Waals surface area contributed by atoms with Crippen LogP contribution in [0, 0.1) is 27.7 Å². The van der Waals surface area contributed by atoms with Crippen molar-refractivity contribution in [2.45, 2.75) is 34.1 Å². The molecule has 4 aromatic rings. The molecule has 1 aromatic carbocycles. The second kappa shape index (κ2) is 10.1. The first-order chi connectivity index (χ1) is 17.4. The molecule has 0 atom stereocenters. The van der Waals surface area contributed by atoms with E-state index < -0.39 is 0 Å². The fourth-order valence-corrected chi connectivity index (χ4v) is 4.95. The lowest BCUT2D eigenvalue weighted by Gasteiger charge is -2.36. The summed E-state index contributed by atoms with van der Waals surface area (Å²) in [5, 5.41) is 7.78. The summed E-state index contributed by atoms with van der Waals surface area (Å²) in [6.07, 6.45) is 0.889. The summed E-state index contributed by atoms with van der Waals surface area (Å²) in [5.74, 6) is 1.41. The molecule has 1 aliphatic heterocycles. The zero-order valence-electron chi connectivity index (χ0n) is 21.4. The number of furan rings is 1. The van der Waals surface area contributed by atoms with Gasteiger partial charge in [0.1, 0.15) is 11.5 Å². The van der Waals surface area contributed by atoms with Crippen molar-refractivity contribution in [3.05, 3.63) is 64.7 Å². The molecule has 8 nitrogen and oxygen atoms in total. The molecule has 36 heavy (non-hydrogen) atoms. The summed E-state index contributed by atoms with van der Waals surface area (Å²) in [4.78, 5) is 22.7. The maximum absolute atomic E-state index is 13.2. The van der Waals surface area contributed by atoms with E-state index in [1.807, 2.05) is 32.9 Å². The van der Waals surface area contributed by atoms with Gasteiger partial charge < -0.3 is 19.2 Å². The second-order valence-corrected chi connectivity index (χ2v) is 9.61. The largest absolute Gasteiger partial charge is 0.466 e. The van der Waals surface area contributed by atoms with Crippen molar-refractivity contribution in [1.29, 1.82) is 0 Å². The summed E-state index contributed by atoms with van der Waals surface area (Å²) in [6, 6.07) is 12.4. The molecule has 1 fully saturated rings. The first kappa shape index (κ1) is 24.1. The highest BCUT2D eigenvalue weighted by Gasteiger charge is 2.21. The Morgan fingerprint density at radius 3 is 2.58 bits per heavy atom. The number of hydrogen-bond acceptors (Lipinski definition) is 7. The SMILES string of the molecule is Cc1cccc(N2CCN(CCCNC(=O)c3cc(-c4cc(C)oc4C)nc4onc(C)c34)CC2)c1. The highest BCUT2D eigenvalue weighted by Crippen LogP contribution is 2.30. The molecule has 0 unspecified atom stereocenters. The number of anilines is 1. The molecule has 0 radical (unpaired) electrons. The molecule has 5 rings (SSSR count). The molecule has 8 heteroatoms. The predicted octanol–water partition coefficient (Wildman–Crippen LogP) is 4.66. The van der Waals surface area contributed by atoms with Crippen LogP contribution in [0.5, 0.6) is 0 Å². The van der Waals surface area contributed by atoms with Gasteiger partial charge in [0.15, 0.2) is 0 Å². The van der Waals surface area contributed by atoms with Crippen LogP contribution in [0.3, 0.4) is 0 Å². The van der Waals surface area contributed by atoms with Gasteiger partial charge in [0.2, 0.25) is 0 Å². The minimum Gasteiger partial charge on any atom is -0.466 e. The Morgan fingerprint density at radius 2 is 1.86 bits per heavy atom. The van der Waals surface area contributed by atoms with E-state index >= 15 is 0 Å². The van der Waals surface area contributed by atoms with Crippen LogP contribution in [0.2, 0.25) is 0 Å². The number of fused-ring (bicyclic) bond motifs is 1. The maximum atomic E-state index is 13.2. The normalized spacial score (nSPS) is 14.5. The molecule has 0 saturated carbocycles. The van der Waals surface area contributed by atoms with Crippen molar-refractivity contribution in [3.63, 3.8) is 0 Å². The Kier molecular flexibility index (Phi) is 6.78. The number of piperazine rings is 1. The van der Waals surface area contributed by atoms with Gasteiger partial charge in [0, 0.05) is 44.0 Å². The van der Waals surface area contributed by atoms with E-state index in [0.29, 0.717) is 34.6 Å². The summed E-state index contributed by atoms with van der Waals surface area (Å²) < 4.78 is 11.1. The number of carbonyl (C=O) groups is 1. The van der Waals surface area contributed by atoms with Crippen LogP contribution in [0.25, 0.3) is 22.4 Å². The number of carbonyl (C=O) groups excluding carboxylic acids is 1. The predicted molar refractivity (Wildman–Crippen MR) is 140 cm³/mol. The standard InChI is InChI=1S/C28H33N5O3/c1-18-7-5-8-22(15-18)33-13-11-32(12-14-33)10-6-9-29-27(34)24-17-25(23-16-19(2)35-21(23)4)30-28-26(24)20(3)31-36-28/h5,7-8,15-17H,6,9-14H2,1-4H3,(H,29,34). The Morgan fingerprint density at radius 1 is 1.06 bits per heavy atom. The van der Waals surface area contributed by atoms with E-state index in [9.17, 15) is 4.79 Å². The van der Waals surface area contributed by atoms with Gasteiger partial charge in [-0.25, -0.2) is 4.98 Å². The van der Waals surface area contributed by atoms with Gasteiger partial charge in [-0.15, -0.1) is 0 Å². The monoisotopic (exact) mass is 487 g/mol. The van der Waals surface area contributed by atoms with E-state index in [4.69, 9.17) is 8.94 Å². The fourth-order valence-electron chi connectivity index (χ4n) is 4.95. The molecule has 1 aliphatic rings. The Bertz CT molecular complexity index is 1380. The van der Waals surface area contributed by atoms with E-state index in [0.717, 1.165) is 56.2 Å². The molecule has 1 saturated heterocycles. The van der Waals surface area contributed by atoms with Gasteiger partial charge in [0.05, 0.1) is 22.3 Å². The van der Waals surface area contributed by atoms with Gasteiger partial charge in [-0.05, 0) is 70.5 Å². The van der Waals surface area contributed by atoms with E-state index in [1.165, 1.54) is 11.3 Å². The number of nitrogens with zero attached hydrogens (tertiary/aromatic N) is 4. The van der Waals surface area contributed by atoms with Crippen LogP contribution in [-0.4, -0.2) is 60.2 Å². The molecule has 1 amide bonds. The summed E-state index contributed by atoms with van der Waals surface area (Å²) in [7, 11) is 0. The number of aryl methyl sites for hydroxylation is 4. The van der Waals surface area contributed by atoms with Crippen LogP contribution in [0.4, 0.5) is 5.69 Å². The van der Waals surface area contributed by atoms with Crippen LogP contribution < -0.4 is 10.2 Å². The molecule has 4 heterocycles. The first-order valence-electron chi connectivity index (χ1n) is 12.6. The minimum atomic E-state index is -0.142. The molecule has 188 valence electrons. The third-order valence-corrected chi connectivity index (χ3v) is 6.85. The van der Waals surface area contributed by atoms with E-state index in [-0.39, 0.29) is 5.91 Å². The lowest BCUT2D eigenvalue weighted by atomic mass is 10.1. The lowest BCUT2D eigenvalue weighted by molar-refractivity contribution is 0.0953. The van der Waals surface area contributed by atoms with Crippen molar-refractivity contribution >= 4 is 22.7 Å². The van der Waals surface area contributed by atoms with Gasteiger partial charge in [0.25, 0.3) is 11.6 Å². The van der Waals surface area contributed by atoms with Crippen molar-refractivity contribution in [2.75, 3.05) is 44.2 Å². The van der Waals surface area contributed by atoms with E-state index in [2.05, 4.69) is 56.4 Å². The molecule has 3 aromatic heterocycles. The van der Waals surface area contributed by atoms with Crippen LogP contribution in [0.1, 0.15) is 39.6 Å². The van der Waals surface area contributed by atoms with Gasteiger partial charge in [-0.3, -0.25) is 9.69 Å². The van der Waals surface area contributed by atoms with Gasteiger partial charge in [-0.1, -0.05) is 17.3 Å². The number of hydrogen-bond donors (Lipinski definition) is 1. The molecule has 0 aliphatic carbocycles. The van der Waals surface area contributed by atoms with Gasteiger partial charge >= 0.3 is 0 Å². The average molecular weight is 488 g/mol. The summed E-state index contributed by atoms with van der Waals surface area (Å²) >= 11 is 0. The number of benzene rings is 1. The Labute approximate surface area is 211 Å². The summed E-state index contributed by atoms with van der Waals surface area (Å²) in [5.41, 5.74) is 5.63. The highest BCUT2D eigenvalue weighted by atomic mass is 16.5. The topological polar surface area (TPSA) is 87.6 Å². The highest BCUT2D eigenvalue weighted by molar-refractivity contribution is 6.07. The maximum Gasteiger partial charge on any atom is 0.259 e. The lowest BCUT2D eigenvalue weighted by Crippen LogP contribution is -2.47. The van der Waals surface area contributed by atoms with E-state index in [1.54, 1.807) is 0 Å². The quantitative estimate of drug-likeness (QED) is 0.379.